The van der Waals surface area contributed by atoms with Crippen molar-refractivity contribution >= 4 is 38.1 Å². The molecule has 0 atom stereocenters. The van der Waals surface area contributed by atoms with Crippen LogP contribution in [0.25, 0.3) is 60.5 Å². The first kappa shape index (κ1) is 21.1. The molecule has 36 heavy (non-hydrogen) atoms. The van der Waals surface area contributed by atoms with Crippen LogP contribution in [-0.4, -0.2) is 9.38 Å². The van der Waals surface area contributed by atoms with Crippen LogP contribution in [0.4, 0.5) is 0 Å². The van der Waals surface area contributed by atoms with Crippen molar-refractivity contribution in [3.63, 3.8) is 0 Å². The summed E-state index contributed by atoms with van der Waals surface area (Å²) in [4.78, 5) is 4.76. The van der Waals surface area contributed by atoms with Crippen molar-refractivity contribution in [2.75, 3.05) is 0 Å². The smallest absolute Gasteiger partial charge is 0.0704 e. The van der Waals surface area contributed by atoms with Crippen molar-refractivity contribution in [2.24, 2.45) is 5.41 Å². The topological polar surface area (TPSA) is 17.3 Å². The van der Waals surface area contributed by atoms with E-state index in [2.05, 4.69) is 122 Å². The van der Waals surface area contributed by atoms with Crippen molar-refractivity contribution < 1.29 is 0 Å². The molecule has 0 aliphatic heterocycles. The summed E-state index contributed by atoms with van der Waals surface area (Å²) in [6.07, 6.45) is 2.99. The molecule has 0 aliphatic carbocycles. The standard InChI is InChI=1S/C34H28N2/c1-34(2,3)21-22-15-16-35-30(17-22)24-13-14-32-27(18-24)29-20-25(23-9-5-4-6-10-23)19-28-26-11-7-8-12-31(26)36(32)33(28)29/h4-20H,21H2,1-3H3. The van der Waals surface area contributed by atoms with Crippen LogP contribution in [0.1, 0.15) is 26.3 Å². The minimum Gasteiger partial charge on any atom is -0.308 e. The van der Waals surface area contributed by atoms with Crippen molar-refractivity contribution in [1.82, 2.24) is 9.38 Å². The highest BCUT2D eigenvalue weighted by Gasteiger charge is 2.19. The fraction of sp³-hybridized carbons (Fsp3) is 0.147. The molecule has 3 heterocycles. The van der Waals surface area contributed by atoms with Gasteiger partial charge in [0.2, 0.25) is 0 Å². The van der Waals surface area contributed by atoms with Gasteiger partial charge in [-0.15, -0.1) is 0 Å². The Hall–Kier alpha value is -4.17. The maximum absolute atomic E-state index is 4.76. The maximum Gasteiger partial charge on any atom is 0.0704 e. The molecule has 0 radical (unpaired) electrons. The van der Waals surface area contributed by atoms with Gasteiger partial charge in [0.25, 0.3) is 0 Å². The van der Waals surface area contributed by atoms with Gasteiger partial charge in [-0.25, -0.2) is 0 Å². The Labute approximate surface area is 211 Å². The first-order valence-electron chi connectivity index (χ1n) is 12.7. The number of benzene rings is 4. The summed E-state index contributed by atoms with van der Waals surface area (Å²) in [6, 6.07) is 35.4. The van der Waals surface area contributed by atoms with E-state index in [0.717, 1.165) is 17.7 Å². The second-order valence-corrected chi connectivity index (χ2v) is 11.2. The van der Waals surface area contributed by atoms with E-state index in [1.807, 2.05) is 6.20 Å². The molecule has 3 aromatic heterocycles. The Morgan fingerprint density at radius 3 is 2.11 bits per heavy atom. The summed E-state index contributed by atoms with van der Waals surface area (Å²) in [5.41, 5.74) is 10.1. The number of aromatic nitrogens is 2. The third-order valence-electron chi connectivity index (χ3n) is 7.26. The number of hydrogen-bond acceptors (Lipinski definition) is 1. The van der Waals surface area contributed by atoms with Gasteiger partial charge >= 0.3 is 0 Å². The van der Waals surface area contributed by atoms with Crippen LogP contribution in [0.2, 0.25) is 0 Å². The average Bonchev–Trinajstić information content (AvgIpc) is 3.39. The fourth-order valence-electron chi connectivity index (χ4n) is 5.81. The van der Waals surface area contributed by atoms with Crippen LogP contribution >= 0.6 is 0 Å². The SMILES string of the molecule is CC(C)(C)Cc1ccnc(-c2ccc3c(c2)c2cc(-c4ccccc4)cc4c5ccccc5n3c42)c1. The van der Waals surface area contributed by atoms with E-state index in [-0.39, 0.29) is 5.41 Å². The third-order valence-corrected chi connectivity index (χ3v) is 7.26. The molecular formula is C34H28N2. The summed E-state index contributed by atoms with van der Waals surface area (Å²) in [5.74, 6) is 0. The van der Waals surface area contributed by atoms with Gasteiger partial charge in [-0.05, 0) is 71.0 Å². The van der Waals surface area contributed by atoms with Crippen LogP contribution in [0.5, 0.6) is 0 Å². The highest BCUT2D eigenvalue weighted by Crippen LogP contribution is 2.42. The number of rotatable bonds is 3. The van der Waals surface area contributed by atoms with Gasteiger partial charge in [0.1, 0.15) is 0 Å². The van der Waals surface area contributed by atoms with Crippen LogP contribution in [0.3, 0.4) is 0 Å². The zero-order chi connectivity index (χ0) is 24.4. The Kier molecular flexibility index (Phi) is 4.50. The lowest BCUT2D eigenvalue weighted by Crippen LogP contribution is -2.09. The largest absolute Gasteiger partial charge is 0.308 e. The van der Waals surface area contributed by atoms with E-state index >= 15 is 0 Å². The van der Waals surface area contributed by atoms with Gasteiger partial charge in [0, 0.05) is 33.3 Å². The molecule has 0 aliphatic rings. The first-order chi connectivity index (χ1) is 17.5. The highest BCUT2D eigenvalue weighted by molar-refractivity contribution is 6.24. The maximum atomic E-state index is 4.76. The lowest BCUT2D eigenvalue weighted by atomic mass is 9.88. The minimum atomic E-state index is 0.241. The second-order valence-electron chi connectivity index (χ2n) is 11.2. The van der Waals surface area contributed by atoms with Crippen molar-refractivity contribution in [3.05, 3.63) is 109 Å². The number of nitrogens with zero attached hydrogens (tertiary/aromatic N) is 2. The molecule has 0 N–H and O–H groups in total. The summed E-state index contributed by atoms with van der Waals surface area (Å²) >= 11 is 0. The molecule has 4 aromatic carbocycles. The fourth-order valence-corrected chi connectivity index (χ4v) is 5.81. The van der Waals surface area contributed by atoms with Crippen LogP contribution < -0.4 is 0 Å². The molecule has 0 bridgehead atoms. The van der Waals surface area contributed by atoms with Crippen LogP contribution in [0.15, 0.2) is 103 Å². The molecular weight excluding hydrogens is 436 g/mol. The molecule has 0 fully saturated rings. The zero-order valence-electron chi connectivity index (χ0n) is 20.9. The lowest BCUT2D eigenvalue weighted by molar-refractivity contribution is 0.411. The van der Waals surface area contributed by atoms with E-state index < -0.39 is 0 Å². The summed E-state index contributed by atoms with van der Waals surface area (Å²) in [5, 5.41) is 5.19. The van der Waals surface area contributed by atoms with E-state index in [0.29, 0.717) is 0 Å². The van der Waals surface area contributed by atoms with Gasteiger partial charge in [-0.3, -0.25) is 4.98 Å². The van der Waals surface area contributed by atoms with Crippen LogP contribution in [-0.2, 0) is 6.42 Å². The van der Waals surface area contributed by atoms with Crippen molar-refractivity contribution in [1.29, 1.82) is 0 Å². The Morgan fingerprint density at radius 2 is 1.31 bits per heavy atom. The summed E-state index contributed by atoms with van der Waals surface area (Å²) in [7, 11) is 0. The predicted molar refractivity (Wildman–Crippen MR) is 153 cm³/mol. The zero-order valence-corrected chi connectivity index (χ0v) is 20.9. The molecule has 0 unspecified atom stereocenters. The van der Waals surface area contributed by atoms with Crippen molar-refractivity contribution in [3.8, 4) is 22.4 Å². The van der Waals surface area contributed by atoms with Gasteiger partial charge in [0.05, 0.1) is 22.2 Å². The normalized spacial score (nSPS) is 12.4. The molecule has 7 aromatic rings. The Bertz CT molecular complexity index is 1880. The minimum absolute atomic E-state index is 0.241. The molecule has 7 rings (SSSR count). The average molecular weight is 465 g/mol. The monoisotopic (exact) mass is 464 g/mol. The third kappa shape index (κ3) is 3.29. The van der Waals surface area contributed by atoms with E-state index in [1.54, 1.807) is 0 Å². The predicted octanol–water partition coefficient (Wildman–Crippen LogP) is 9.15. The molecule has 0 spiro atoms. The van der Waals surface area contributed by atoms with E-state index in [1.165, 1.54) is 54.8 Å². The number of fused-ring (bicyclic) bond motifs is 6. The quantitative estimate of drug-likeness (QED) is 0.255. The van der Waals surface area contributed by atoms with Crippen molar-refractivity contribution in [2.45, 2.75) is 27.2 Å². The Morgan fingerprint density at radius 1 is 0.611 bits per heavy atom. The molecule has 2 heteroatoms. The van der Waals surface area contributed by atoms with E-state index in [9.17, 15) is 0 Å². The summed E-state index contributed by atoms with van der Waals surface area (Å²) in [6.45, 7) is 6.85. The van der Waals surface area contributed by atoms with Gasteiger partial charge in [-0.1, -0.05) is 75.4 Å². The van der Waals surface area contributed by atoms with Gasteiger partial charge in [-0.2, -0.15) is 0 Å². The van der Waals surface area contributed by atoms with E-state index in [4.69, 9.17) is 4.98 Å². The lowest BCUT2D eigenvalue weighted by Gasteiger charge is -2.18. The second kappa shape index (κ2) is 7.66. The molecule has 0 amide bonds. The number of hydrogen-bond donors (Lipinski definition) is 0. The molecule has 0 saturated carbocycles. The molecule has 0 saturated heterocycles. The van der Waals surface area contributed by atoms with Gasteiger partial charge in [0.15, 0.2) is 0 Å². The highest BCUT2D eigenvalue weighted by atomic mass is 14.9. The molecule has 2 nitrogen and oxygen atoms in total. The first-order valence-corrected chi connectivity index (χ1v) is 12.7. The van der Waals surface area contributed by atoms with Gasteiger partial charge < -0.3 is 4.40 Å². The molecule has 174 valence electrons. The number of para-hydroxylation sites is 1. The Balaban J connectivity index is 1.52. The number of pyridine rings is 1. The van der Waals surface area contributed by atoms with Crippen LogP contribution in [0, 0.1) is 5.41 Å². The summed E-state index contributed by atoms with van der Waals surface area (Å²) < 4.78 is 2.44.